The predicted molar refractivity (Wildman–Crippen MR) is 82.1 cm³/mol. The maximum atomic E-state index is 9.98. The summed E-state index contributed by atoms with van der Waals surface area (Å²) in [5.41, 5.74) is 1.84. The molecule has 22 heavy (non-hydrogen) atoms. The van der Waals surface area contributed by atoms with E-state index in [0.29, 0.717) is 0 Å². The molecule has 1 saturated heterocycles. The second-order valence-corrected chi connectivity index (χ2v) is 5.48. The highest BCUT2D eigenvalue weighted by molar-refractivity contribution is 5.80. The van der Waals surface area contributed by atoms with Crippen molar-refractivity contribution < 1.29 is 25.2 Å². The summed E-state index contributed by atoms with van der Waals surface area (Å²) < 4.78 is 5.04. The van der Waals surface area contributed by atoms with E-state index in [2.05, 4.69) is 4.99 Å². The molecule has 122 valence electrons. The van der Waals surface area contributed by atoms with Gasteiger partial charge in [-0.2, -0.15) is 0 Å². The van der Waals surface area contributed by atoms with E-state index in [1.54, 1.807) is 0 Å². The lowest BCUT2D eigenvalue weighted by Gasteiger charge is -2.38. The molecule has 1 fully saturated rings. The SMILES string of the molecule is CN(C)c1ccc(C=N[C@@H]2[C@@H](O)[C@H](O)[C@H](CO)O[C@@H]2O)cc1. The van der Waals surface area contributed by atoms with Crippen molar-refractivity contribution in [1.29, 1.82) is 0 Å². The van der Waals surface area contributed by atoms with Crippen LogP contribution in [-0.4, -0.2) is 78.0 Å². The molecule has 2 rings (SSSR count). The predicted octanol–water partition coefficient (Wildman–Crippen LogP) is -1.03. The van der Waals surface area contributed by atoms with E-state index in [-0.39, 0.29) is 0 Å². The monoisotopic (exact) mass is 310 g/mol. The third-order valence-electron chi connectivity index (χ3n) is 3.67. The molecule has 0 bridgehead atoms. The lowest BCUT2D eigenvalue weighted by atomic mass is 9.97. The van der Waals surface area contributed by atoms with Crippen LogP contribution in [0.2, 0.25) is 0 Å². The zero-order chi connectivity index (χ0) is 16.3. The van der Waals surface area contributed by atoms with Crippen molar-refractivity contribution in [3.8, 4) is 0 Å². The first-order valence-electron chi connectivity index (χ1n) is 7.05. The highest BCUT2D eigenvalue weighted by Gasteiger charge is 2.43. The molecule has 7 nitrogen and oxygen atoms in total. The van der Waals surface area contributed by atoms with E-state index in [1.165, 1.54) is 6.21 Å². The Labute approximate surface area is 129 Å². The first kappa shape index (κ1) is 16.9. The Morgan fingerprint density at radius 3 is 2.32 bits per heavy atom. The fraction of sp³-hybridized carbons (Fsp3) is 0.533. The first-order valence-corrected chi connectivity index (χ1v) is 7.05. The normalized spacial score (nSPS) is 32.4. The van der Waals surface area contributed by atoms with Gasteiger partial charge in [0.1, 0.15) is 24.4 Å². The minimum absolute atomic E-state index is 0.488. The lowest BCUT2D eigenvalue weighted by Crippen LogP contribution is -2.57. The molecular formula is C15H22N2O5. The van der Waals surface area contributed by atoms with Gasteiger partial charge in [0.25, 0.3) is 0 Å². The third kappa shape index (κ3) is 3.63. The van der Waals surface area contributed by atoms with Crippen LogP contribution in [0.4, 0.5) is 5.69 Å². The van der Waals surface area contributed by atoms with Gasteiger partial charge in [-0.1, -0.05) is 12.1 Å². The van der Waals surface area contributed by atoms with E-state index in [9.17, 15) is 15.3 Å². The van der Waals surface area contributed by atoms with Crippen molar-refractivity contribution in [2.75, 3.05) is 25.6 Å². The number of aliphatic hydroxyl groups is 4. The maximum absolute atomic E-state index is 9.98. The molecule has 1 aromatic rings. The van der Waals surface area contributed by atoms with E-state index >= 15 is 0 Å². The van der Waals surface area contributed by atoms with Crippen molar-refractivity contribution in [3.63, 3.8) is 0 Å². The molecule has 1 aliphatic rings. The molecule has 7 heteroatoms. The number of anilines is 1. The van der Waals surface area contributed by atoms with Gasteiger partial charge in [0.05, 0.1) is 6.61 Å². The van der Waals surface area contributed by atoms with Gasteiger partial charge in [-0.25, -0.2) is 0 Å². The van der Waals surface area contributed by atoms with Gasteiger partial charge < -0.3 is 30.1 Å². The molecule has 0 radical (unpaired) electrons. The summed E-state index contributed by atoms with van der Waals surface area (Å²) in [6.45, 7) is -0.488. The largest absolute Gasteiger partial charge is 0.394 e. The summed E-state index contributed by atoms with van der Waals surface area (Å²) in [4.78, 5) is 6.07. The zero-order valence-corrected chi connectivity index (χ0v) is 12.6. The fourth-order valence-electron chi connectivity index (χ4n) is 2.27. The summed E-state index contributed by atoms with van der Waals surface area (Å²) in [5, 5.41) is 38.6. The van der Waals surface area contributed by atoms with Crippen LogP contribution in [-0.2, 0) is 4.74 Å². The first-order chi connectivity index (χ1) is 10.4. The van der Waals surface area contributed by atoms with Gasteiger partial charge >= 0.3 is 0 Å². The molecule has 0 aliphatic carbocycles. The van der Waals surface area contributed by atoms with Crippen LogP contribution in [0, 0.1) is 0 Å². The maximum Gasteiger partial charge on any atom is 0.180 e. The zero-order valence-electron chi connectivity index (χ0n) is 12.6. The minimum Gasteiger partial charge on any atom is -0.394 e. The van der Waals surface area contributed by atoms with E-state index in [4.69, 9.17) is 9.84 Å². The number of hydrogen-bond donors (Lipinski definition) is 4. The average molecular weight is 310 g/mol. The fourth-order valence-corrected chi connectivity index (χ4v) is 2.27. The Morgan fingerprint density at radius 1 is 1.14 bits per heavy atom. The summed E-state index contributed by atoms with van der Waals surface area (Å²) in [7, 11) is 3.88. The van der Waals surface area contributed by atoms with Crippen LogP contribution in [0.25, 0.3) is 0 Å². The number of rotatable bonds is 4. The number of aliphatic hydroxyl groups excluding tert-OH is 4. The molecule has 0 aromatic heterocycles. The van der Waals surface area contributed by atoms with Gasteiger partial charge in [-0.05, 0) is 17.7 Å². The molecule has 1 aliphatic heterocycles. The van der Waals surface area contributed by atoms with Crippen LogP contribution in [0.5, 0.6) is 0 Å². The number of ether oxygens (including phenoxy) is 1. The third-order valence-corrected chi connectivity index (χ3v) is 3.67. The number of aliphatic imine (C=N–C) groups is 1. The summed E-state index contributed by atoms with van der Waals surface area (Å²) in [5.74, 6) is 0. The molecule has 0 spiro atoms. The number of benzene rings is 1. The average Bonchev–Trinajstić information content (AvgIpc) is 2.51. The minimum atomic E-state index is -1.38. The Morgan fingerprint density at radius 2 is 1.77 bits per heavy atom. The van der Waals surface area contributed by atoms with Crippen molar-refractivity contribution in [3.05, 3.63) is 29.8 Å². The Balaban J connectivity index is 2.08. The van der Waals surface area contributed by atoms with Crippen LogP contribution < -0.4 is 4.90 Å². The molecule has 1 heterocycles. The molecule has 0 unspecified atom stereocenters. The van der Waals surface area contributed by atoms with Crippen molar-refractivity contribution in [2.45, 2.75) is 30.6 Å². The Hall–Kier alpha value is -1.51. The van der Waals surface area contributed by atoms with Crippen LogP contribution in [0.1, 0.15) is 5.56 Å². The van der Waals surface area contributed by atoms with Gasteiger partial charge in [0.15, 0.2) is 6.29 Å². The standard InChI is InChI=1S/C15H22N2O5/c1-17(2)10-5-3-9(4-6-10)7-16-12-14(20)13(19)11(8-18)22-15(12)21/h3-7,11-15,18-21H,8H2,1-2H3/t11-,12+,13+,14+,15-/m0/s1. The molecule has 4 N–H and O–H groups in total. The highest BCUT2D eigenvalue weighted by atomic mass is 16.6. The molecule has 0 amide bonds. The summed E-state index contributed by atoms with van der Waals surface area (Å²) in [6, 6.07) is 6.54. The van der Waals surface area contributed by atoms with E-state index in [0.717, 1.165) is 11.3 Å². The van der Waals surface area contributed by atoms with Gasteiger partial charge in [0.2, 0.25) is 0 Å². The second-order valence-electron chi connectivity index (χ2n) is 5.48. The van der Waals surface area contributed by atoms with E-state index in [1.807, 2.05) is 43.3 Å². The van der Waals surface area contributed by atoms with Gasteiger partial charge in [-0.3, -0.25) is 4.99 Å². The molecular weight excluding hydrogens is 288 g/mol. The smallest absolute Gasteiger partial charge is 0.180 e. The van der Waals surface area contributed by atoms with Crippen molar-refractivity contribution in [1.82, 2.24) is 0 Å². The van der Waals surface area contributed by atoms with E-state index < -0.39 is 37.3 Å². The second kappa shape index (κ2) is 7.17. The lowest BCUT2D eigenvalue weighted by molar-refractivity contribution is -0.248. The topological polar surface area (TPSA) is 106 Å². The van der Waals surface area contributed by atoms with Gasteiger partial charge in [-0.15, -0.1) is 0 Å². The number of hydrogen-bond acceptors (Lipinski definition) is 7. The molecule has 0 saturated carbocycles. The van der Waals surface area contributed by atoms with Crippen molar-refractivity contribution in [2.24, 2.45) is 4.99 Å². The molecule has 1 aromatic carbocycles. The quantitative estimate of drug-likeness (QED) is 0.530. The number of nitrogens with zero attached hydrogens (tertiary/aromatic N) is 2. The Kier molecular flexibility index (Phi) is 5.49. The summed E-state index contributed by atoms with van der Waals surface area (Å²) >= 11 is 0. The van der Waals surface area contributed by atoms with Crippen LogP contribution >= 0.6 is 0 Å². The highest BCUT2D eigenvalue weighted by Crippen LogP contribution is 2.22. The van der Waals surface area contributed by atoms with Crippen molar-refractivity contribution >= 4 is 11.9 Å². The van der Waals surface area contributed by atoms with Gasteiger partial charge in [0, 0.05) is 26.0 Å². The van der Waals surface area contributed by atoms with Crippen LogP contribution in [0.3, 0.4) is 0 Å². The summed E-state index contributed by atoms with van der Waals surface area (Å²) in [6.07, 6.45) is -3.50. The van der Waals surface area contributed by atoms with Crippen LogP contribution in [0.15, 0.2) is 29.3 Å². The Bertz CT molecular complexity index is 505. The molecule has 5 atom stereocenters.